The molecule has 0 saturated heterocycles. The van der Waals surface area contributed by atoms with Gasteiger partial charge in [0.1, 0.15) is 5.78 Å². The number of H-pyrrole nitrogens is 2. The van der Waals surface area contributed by atoms with E-state index in [4.69, 9.17) is 0 Å². The number of aromatic nitrogens is 3. The minimum absolute atomic E-state index is 0.0630. The molecule has 2 N–H and O–H groups in total. The van der Waals surface area contributed by atoms with Crippen molar-refractivity contribution in [3.63, 3.8) is 0 Å². The number of rotatable bonds is 6. The highest BCUT2D eigenvalue weighted by atomic mass is 16.1. The lowest BCUT2D eigenvalue weighted by molar-refractivity contribution is -0.123. The predicted molar refractivity (Wildman–Crippen MR) is 120 cm³/mol. The normalized spacial score (nSPS) is 32.2. The maximum absolute atomic E-state index is 13.3. The van der Waals surface area contributed by atoms with E-state index < -0.39 is 0 Å². The Kier molecular flexibility index (Phi) is 4.72. The first-order valence-electron chi connectivity index (χ1n) is 11.4. The summed E-state index contributed by atoms with van der Waals surface area (Å²) < 4.78 is 2.01. The first kappa shape index (κ1) is 19.4. The lowest BCUT2D eigenvalue weighted by Gasteiger charge is -2.38. The third-order valence-corrected chi connectivity index (χ3v) is 8.12. The number of aromatic amines is 2. The van der Waals surface area contributed by atoms with Gasteiger partial charge in [0, 0.05) is 35.8 Å². The maximum atomic E-state index is 13.3. The van der Waals surface area contributed by atoms with E-state index in [9.17, 15) is 9.59 Å². The smallest absolute Gasteiger partial charge is 0.326 e. The van der Waals surface area contributed by atoms with Gasteiger partial charge in [-0.05, 0) is 74.0 Å². The molecule has 5 rings (SSSR count). The second kappa shape index (κ2) is 7.29. The Balaban J connectivity index is 1.65. The second-order valence-corrected chi connectivity index (χ2v) is 9.50. The summed E-state index contributed by atoms with van der Waals surface area (Å²) in [5.41, 5.74) is 3.49. The van der Waals surface area contributed by atoms with Gasteiger partial charge < -0.3 is 9.97 Å². The van der Waals surface area contributed by atoms with E-state index in [-0.39, 0.29) is 17.6 Å². The zero-order valence-electron chi connectivity index (χ0n) is 17.7. The minimum atomic E-state index is -0.0630. The van der Waals surface area contributed by atoms with Crippen molar-refractivity contribution in [1.82, 2.24) is 14.5 Å². The number of fused-ring (bicyclic) bond motifs is 2. The molecule has 3 saturated carbocycles. The molecule has 2 aromatic heterocycles. The van der Waals surface area contributed by atoms with Crippen molar-refractivity contribution >= 4 is 17.9 Å². The molecule has 5 nitrogen and oxygen atoms in total. The average molecular weight is 406 g/mol. The number of hydrogen-bond donors (Lipinski definition) is 2. The van der Waals surface area contributed by atoms with Crippen LogP contribution >= 0.6 is 0 Å². The summed E-state index contributed by atoms with van der Waals surface area (Å²) in [5.74, 6) is 2.80. The van der Waals surface area contributed by atoms with Crippen LogP contribution in [0.2, 0.25) is 0 Å². The van der Waals surface area contributed by atoms with Crippen molar-refractivity contribution in [2.24, 2.45) is 29.6 Å². The molecule has 2 heterocycles. The van der Waals surface area contributed by atoms with Crippen LogP contribution in [0.5, 0.6) is 0 Å². The first-order valence-corrected chi connectivity index (χ1v) is 11.4. The van der Waals surface area contributed by atoms with E-state index in [1.807, 2.05) is 23.8 Å². The summed E-state index contributed by atoms with van der Waals surface area (Å²) in [5, 5.41) is 0. The van der Waals surface area contributed by atoms with Gasteiger partial charge in [-0.3, -0.25) is 9.36 Å². The quantitative estimate of drug-likeness (QED) is 0.706. The molecule has 3 bridgehead atoms. The SMILES string of the molecule is C=Cc1[nH]ccc1-c1c(C=C)[nH]c(=O)n1C1C2CC(C(=O)CC)CC3CC1CC3C2. The van der Waals surface area contributed by atoms with Gasteiger partial charge >= 0.3 is 5.69 Å². The molecule has 6 atom stereocenters. The van der Waals surface area contributed by atoms with Crippen molar-refractivity contribution < 1.29 is 4.79 Å². The molecule has 0 aromatic carbocycles. The number of hydrogen-bond acceptors (Lipinski definition) is 2. The fraction of sp³-hybridized carbons (Fsp3) is 0.520. The number of Topliss-reactive ketones (excluding diaryl/α,β-unsaturated/α-hetero) is 1. The lowest BCUT2D eigenvalue weighted by Crippen LogP contribution is -2.37. The van der Waals surface area contributed by atoms with Crippen LogP contribution in [0.15, 0.2) is 30.2 Å². The van der Waals surface area contributed by atoms with Gasteiger partial charge in [-0.25, -0.2) is 4.79 Å². The molecule has 0 radical (unpaired) electrons. The van der Waals surface area contributed by atoms with Gasteiger partial charge in [-0.2, -0.15) is 0 Å². The van der Waals surface area contributed by atoms with Gasteiger partial charge in [0.25, 0.3) is 0 Å². The fourth-order valence-electron chi connectivity index (χ4n) is 6.99. The summed E-state index contributed by atoms with van der Waals surface area (Å²) in [4.78, 5) is 32.2. The van der Waals surface area contributed by atoms with E-state index in [1.54, 1.807) is 12.2 Å². The summed E-state index contributed by atoms with van der Waals surface area (Å²) in [6, 6.07) is 2.15. The van der Waals surface area contributed by atoms with Crippen LogP contribution in [0.4, 0.5) is 0 Å². The maximum Gasteiger partial charge on any atom is 0.326 e. The highest BCUT2D eigenvalue weighted by Gasteiger charge is 2.52. The first-order chi connectivity index (χ1) is 14.5. The monoisotopic (exact) mass is 405 g/mol. The molecule has 2 aromatic rings. The molecular weight excluding hydrogens is 374 g/mol. The molecular formula is C25H31N3O2. The Morgan fingerprint density at radius 3 is 2.37 bits per heavy atom. The number of carbonyl (C=O) groups excluding carboxylic acids is 1. The minimum Gasteiger partial charge on any atom is -0.361 e. The van der Waals surface area contributed by atoms with Crippen LogP contribution in [-0.4, -0.2) is 20.3 Å². The molecule has 30 heavy (non-hydrogen) atoms. The number of nitrogens with zero attached hydrogens (tertiary/aromatic N) is 1. The summed E-state index contributed by atoms with van der Waals surface area (Å²) in [6.07, 6.45) is 11.5. The van der Waals surface area contributed by atoms with Gasteiger partial charge in [-0.15, -0.1) is 0 Å². The van der Waals surface area contributed by atoms with Gasteiger partial charge in [0.05, 0.1) is 11.4 Å². The molecule has 0 aliphatic heterocycles. The van der Waals surface area contributed by atoms with Crippen molar-refractivity contribution in [3.05, 3.63) is 47.3 Å². The molecule has 3 aliphatic rings. The van der Waals surface area contributed by atoms with Crippen molar-refractivity contribution in [2.75, 3.05) is 0 Å². The van der Waals surface area contributed by atoms with Crippen LogP contribution in [0, 0.1) is 29.6 Å². The predicted octanol–water partition coefficient (Wildman–Crippen LogP) is 5.05. The lowest BCUT2D eigenvalue weighted by atomic mass is 9.73. The Morgan fingerprint density at radius 1 is 1.07 bits per heavy atom. The van der Waals surface area contributed by atoms with Gasteiger partial charge in [-0.1, -0.05) is 20.1 Å². The zero-order valence-corrected chi connectivity index (χ0v) is 17.7. The third-order valence-electron chi connectivity index (χ3n) is 8.12. The van der Waals surface area contributed by atoms with Crippen LogP contribution in [0.1, 0.15) is 62.9 Å². The van der Waals surface area contributed by atoms with Gasteiger partial charge in [0.2, 0.25) is 0 Å². The van der Waals surface area contributed by atoms with Crippen LogP contribution in [-0.2, 0) is 4.79 Å². The van der Waals surface area contributed by atoms with E-state index in [0.29, 0.717) is 30.0 Å². The van der Waals surface area contributed by atoms with Crippen LogP contribution in [0.25, 0.3) is 23.4 Å². The average Bonchev–Trinajstić information content (AvgIpc) is 3.40. The van der Waals surface area contributed by atoms with E-state index in [1.165, 1.54) is 6.42 Å². The molecule has 3 fully saturated rings. The molecule has 158 valence electrons. The summed E-state index contributed by atoms with van der Waals surface area (Å²) >= 11 is 0. The number of imidazole rings is 1. The number of ketones is 1. The molecule has 5 heteroatoms. The van der Waals surface area contributed by atoms with Crippen molar-refractivity contribution in [2.45, 2.75) is 51.5 Å². The Labute approximate surface area is 177 Å². The summed E-state index contributed by atoms with van der Waals surface area (Å²) in [6.45, 7) is 9.86. The highest BCUT2D eigenvalue weighted by molar-refractivity contribution is 5.81. The Morgan fingerprint density at radius 2 is 1.70 bits per heavy atom. The van der Waals surface area contributed by atoms with Crippen molar-refractivity contribution in [1.29, 1.82) is 0 Å². The third kappa shape index (κ3) is 2.82. The zero-order chi connectivity index (χ0) is 21.0. The number of carbonyl (C=O) groups is 1. The van der Waals surface area contributed by atoms with Gasteiger partial charge in [0.15, 0.2) is 0 Å². The van der Waals surface area contributed by atoms with E-state index in [0.717, 1.165) is 54.2 Å². The molecule has 0 amide bonds. The molecule has 3 aliphatic carbocycles. The highest BCUT2D eigenvalue weighted by Crippen LogP contribution is 2.59. The molecule has 0 spiro atoms. The van der Waals surface area contributed by atoms with E-state index in [2.05, 4.69) is 23.1 Å². The van der Waals surface area contributed by atoms with E-state index >= 15 is 0 Å². The topological polar surface area (TPSA) is 70.7 Å². The fourth-order valence-corrected chi connectivity index (χ4v) is 6.99. The van der Waals surface area contributed by atoms with Crippen LogP contribution in [0.3, 0.4) is 0 Å². The van der Waals surface area contributed by atoms with Crippen LogP contribution < -0.4 is 5.69 Å². The Hall–Kier alpha value is -2.56. The Bertz CT molecular complexity index is 1050. The number of nitrogens with one attached hydrogen (secondary N) is 2. The largest absolute Gasteiger partial charge is 0.361 e. The van der Waals surface area contributed by atoms with Crippen molar-refractivity contribution in [3.8, 4) is 11.3 Å². The standard InChI is InChI=1S/C25H31N3O2/c1-4-20-19(7-8-26-20)24-21(5-2)27-25(30)28(24)23-17-10-14-9-16(22(29)6-3)13-18(23)12-15(14)11-17/h4-5,7-8,14-18,23,26H,1-2,6,9-13H2,3H3,(H,27,30). The summed E-state index contributed by atoms with van der Waals surface area (Å²) in [7, 11) is 0. The second-order valence-electron chi connectivity index (χ2n) is 9.50. The molecule has 6 unspecified atom stereocenters.